The smallest absolute Gasteiger partial charge is 0.238 e. The Morgan fingerprint density at radius 3 is 1.73 bits per heavy atom. The fraction of sp³-hybridized carbons (Fsp3) is 0.138. The highest BCUT2D eigenvalue weighted by Gasteiger charge is 2.55. The first-order valence-corrected chi connectivity index (χ1v) is 11.2. The van der Waals surface area contributed by atoms with Crippen molar-refractivity contribution in [1.82, 2.24) is 4.98 Å². The maximum Gasteiger partial charge on any atom is 0.238 e. The van der Waals surface area contributed by atoms with Crippen LogP contribution in [-0.4, -0.2) is 16.8 Å². The second kappa shape index (κ2) is 7.82. The van der Waals surface area contributed by atoms with E-state index in [-0.39, 0.29) is 23.7 Å². The van der Waals surface area contributed by atoms with Crippen LogP contribution >= 0.6 is 0 Å². The number of para-hydroxylation sites is 1. The third kappa shape index (κ3) is 3.10. The Bertz CT molecular complexity index is 1310. The molecule has 6 rings (SSSR count). The van der Waals surface area contributed by atoms with E-state index in [4.69, 9.17) is 0 Å². The molecule has 2 amide bonds. The van der Waals surface area contributed by atoms with Gasteiger partial charge in [0, 0.05) is 23.4 Å². The predicted molar refractivity (Wildman–Crippen MR) is 129 cm³/mol. The van der Waals surface area contributed by atoms with E-state index in [0.29, 0.717) is 11.2 Å². The highest BCUT2D eigenvalue weighted by Crippen LogP contribution is 2.50. The molecule has 1 aliphatic carbocycles. The number of nitrogens with zero attached hydrogens (tertiary/aromatic N) is 2. The molecule has 1 aromatic heterocycles. The Labute approximate surface area is 192 Å². The molecule has 33 heavy (non-hydrogen) atoms. The van der Waals surface area contributed by atoms with Crippen molar-refractivity contribution in [3.05, 3.63) is 120 Å². The quantitative estimate of drug-likeness (QED) is 0.320. The van der Waals surface area contributed by atoms with Crippen LogP contribution in [0.5, 0.6) is 0 Å². The molecule has 1 aliphatic heterocycles. The van der Waals surface area contributed by atoms with Crippen molar-refractivity contribution < 1.29 is 9.59 Å². The Morgan fingerprint density at radius 2 is 1.15 bits per heavy atom. The number of carbonyl (C=O) groups is 2. The van der Waals surface area contributed by atoms with E-state index >= 15 is 0 Å². The number of fused-ring (bicyclic) bond motifs is 2. The number of imide groups is 1. The summed E-state index contributed by atoms with van der Waals surface area (Å²) in [5.41, 5.74) is 3.33. The molecule has 0 bridgehead atoms. The average Bonchev–Trinajstić information content (AvgIpc) is 3.14. The van der Waals surface area contributed by atoms with Gasteiger partial charge in [-0.1, -0.05) is 91.0 Å². The van der Waals surface area contributed by atoms with Gasteiger partial charge in [0.2, 0.25) is 11.8 Å². The number of hydrogen-bond acceptors (Lipinski definition) is 3. The molecule has 0 saturated carbocycles. The van der Waals surface area contributed by atoms with Gasteiger partial charge in [-0.3, -0.25) is 14.6 Å². The number of benzene rings is 3. The fourth-order valence-corrected chi connectivity index (χ4v) is 5.44. The van der Waals surface area contributed by atoms with Crippen LogP contribution in [0.25, 0.3) is 10.9 Å². The van der Waals surface area contributed by atoms with Crippen LogP contribution in [0, 0.1) is 11.8 Å². The van der Waals surface area contributed by atoms with Gasteiger partial charge in [0.15, 0.2) is 0 Å². The van der Waals surface area contributed by atoms with Crippen molar-refractivity contribution in [2.45, 2.75) is 11.8 Å². The third-order valence-corrected chi connectivity index (χ3v) is 6.92. The van der Waals surface area contributed by atoms with E-state index in [0.717, 1.165) is 16.5 Å². The maximum atomic E-state index is 14.0. The molecule has 4 heteroatoms. The topological polar surface area (TPSA) is 50.3 Å². The molecule has 4 nitrogen and oxygen atoms in total. The lowest BCUT2D eigenvalue weighted by atomic mass is 9.68. The monoisotopic (exact) mass is 430 g/mol. The molecule has 2 heterocycles. The highest BCUT2D eigenvalue weighted by molar-refractivity contribution is 6.25. The normalized spacial score (nSPS) is 24.3. The summed E-state index contributed by atoms with van der Waals surface area (Å²) in [6.45, 7) is 0. The molecule has 0 unspecified atom stereocenters. The van der Waals surface area contributed by atoms with Gasteiger partial charge in [0.25, 0.3) is 0 Å². The summed E-state index contributed by atoms with van der Waals surface area (Å²) in [6.07, 6.45) is 5.93. The van der Waals surface area contributed by atoms with Crippen molar-refractivity contribution >= 4 is 28.4 Å². The Kier molecular flexibility index (Phi) is 4.65. The van der Waals surface area contributed by atoms with Gasteiger partial charge in [-0.2, -0.15) is 0 Å². The van der Waals surface area contributed by atoms with Crippen LogP contribution in [0.15, 0.2) is 109 Å². The van der Waals surface area contributed by atoms with Crippen molar-refractivity contribution in [3.63, 3.8) is 0 Å². The number of pyridine rings is 1. The van der Waals surface area contributed by atoms with Gasteiger partial charge in [0.1, 0.15) is 0 Å². The summed E-state index contributed by atoms with van der Waals surface area (Å²) in [5.74, 6) is -1.53. The van der Waals surface area contributed by atoms with E-state index in [2.05, 4.69) is 17.1 Å². The molecule has 0 spiro atoms. The summed E-state index contributed by atoms with van der Waals surface area (Å²) < 4.78 is 0. The van der Waals surface area contributed by atoms with Crippen molar-refractivity contribution in [1.29, 1.82) is 0 Å². The molecule has 0 N–H and O–H groups in total. The van der Waals surface area contributed by atoms with E-state index in [1.165, 1.54) is 4.90 Å². The highest BCUT2D eigenvalue weighted by atomic mass is 16.2. The zero-order valence-electron chi connectivity index (χ0n) is 17.9. The molecule has 1 saturated heterocycles. The lowest BCUT2D eigenvalue weighted by Gasteiger charge is -2.32. The van der Waals surface area contributed by atoms with Crippen LogP contribution in [-0.2, 0) is 9.59 Å². The first kappa shape index (κ1) is 19.6. The maximum absolute atomic E-state index is 14.0. The molecule has 0 radical (unpaired) electrons. The number of hydrogen-bond donors (Lipinski definition) is 0. The Morgan fingerprint density at radius 1 is 0.606 bits per heavy atom. The molecule has 1 fully saturated rings. The van der Waals surface area contributed by atoms with Crippen molar-refractivity contribution in [3.8, 4) is 0 Å². The van der Waals surface area contributed by atoms with Gasteiger partial charge in [-0.15, -0.1) is 0 Å². The lowest BCUT2D eigenvalue weighted by molar-refractivity contribution is -0.122. The minimum atomic E-state index is -0.464. The first-order valence-electron chi connectivity index (χ1n) is 11.2. The van der Waals surface area contributed by atoms with Gasteiger partial charge < -0.3 is 0 Å². The minimum Gasteiger partial charge on any atom is -0.274 e. The van der Waals surface area contributed by atoms with E-state index in [9.17, 15) is 9.59 Å². The number of anilines is 1. The van der Waals surface area contributed by atoms with Crippen LogP contribution in [0.3, 0.4) is 0 Å². The van der Waals surface area contributed by atoms with Crippen LogP contribution in [0.2, 0.25) is 0 Å². The number of rotatable bonds is 3. The van der Waals surface area contributed by atoms with Crippen LogP contribution < -0.4 is 4.90 Å². The van der Waals surface area contributed by atoms with E-state index < -0.39 is 11.8 Å². The van der Waals surface area contributed by atoms with E-state index in [1.807, 2.05) is 91.0 Å². The van der Waals surface area contributed by atoms with Crippen LogP contribution in [0.1, 0.15) is 23.0 Å². The predicted octanol–water partition coefficient (Wildman–Crippen LogP) is 5.48. The zero-order valence-corrected chi connectivity index (χ0v) is 17.9. The summed E-state index contributed by atoms with van der Waals surface area (Å²) in [5, 5.41) is 0.905. The summed E-state index contributed by atoms with van der Waals surface area (Å²) in [7, 11) is 0. The van der Waals surface area contributed by atoms with Crippen molar-refractivity contribution in [2.24, 2.45) is 11.8 Å². The van der Waals surface area contributed by atoms with Crippen molar-refractivity contribution in [2.75, 3.05) is 4.90 Å². The molecular weight excluding hydrogens is 408 g/mol. The number of aromatic nitrogens is 1. The zero-order chi connectivity index (χ0) is 22.4. The fourth-order valence-electron chi connectivity index (χ4n) is 5.44. The standard InChI is InChI=1S/C29H22N2O2/c32-28-25-22(19-9-3-1-4-10-19)16-17-23(20-11-5-2-6-12-20)26(25)29(33)31(28)24-15-7-13-21-14-8-18-30-27(21)24/h1-18,22-23,25-26H/t22-,23-,25-,26+/m0/s1. The molecule has 4 atom stereocenters. The molecule has 3 aromatic carbocycles. The van der Waals surface area contributed by atoms with E-state index in [1.54, 1.807) is 6.20 Å². The van der Waals surface area contributed by atoms with Gasteiger partial charge in [-0.05, 0) is 23.3 Å². The third-order valence-electron chi connectivity index (χ3n) is 6.92. The molecular formula is C29H22N2O2. The SMILES string of the molecule is O=C1[C@@H]2[C@H](C(=O)N1c1cccc3cccnc13)[C@H](c1ccccc1)C=C[C@H]2c1ccccc1. The molecule has 2 aliphatic rings. The summed E-state index contributed by atoms with van der Waals surface area (Å²) in [4.78, 5) is 33.9. The molecule has 160 valence electrons. The average molecular weight is 431 g/mol. The second-order valence-corrected chi connectivity index (χ2v) is 8.67. The van der Waals surface area contributed by atoms with Gasteiger partial charge in [-0.25, -0.2) is 4.90 Å². The number of amides is 2. The lowest BCUT2D eigenvalue weighted by Crippen LogP contribution is -2.32. The number of allylic oxidation sites excluding steroid dienone is 2. The Hall–Kier alpha value is -4.05. The summed E-state index contributed by atoms with van der Waals surface area (Å²) >= 11 is 0. The second-order valence-electron chi connectivity index (χ2n) is 8.67. The summed E-state index contributed by atoms with van der Waals surface area (Å²) in [6, 6.07) is 29.5. The van der Waals surface area contributed by atoms with Gasteiger partial charge in [0.05, 0.1) is 23.0 Å². The Balaban J connectivity index is 1.52. The first-order chi connectivity index (χ1) is 16.2. The minimum absolute atomic E-state index is 0.151. The van der Waals surface area contributed by atoms with Gasteiger partial charge >= 0.3 is 0 Å². The largest absolute Gasteiger partial charge is 0.274 e. The van der Waals surface area contributed by atoms with Crippen LogP contribution in [0.4, 0.5) is 5.69 Å². The molecule has 4 aromatic rings. The number of carbonyl (C=O) groups excluding carboxylic acids is 2.